The lowest BCUT2D eigenvalue weighted by atomic mass is 10.1. The first-order chi connectivity index (χ1) is 7.59. The third-order valence-corrected chi connectivity index (χ3v) is 3.09. The Balaban J connectivity index is 2.70. The van der Waals surface area contributed by atoms with Gasteiger partial charge in [0.25, 0.3) is 0 Å². The van der Waals surface area contributed by atoms with E-state index in [1.807, 2.05) is 38.1 Å². The average molecular weight is 251 g/mol. The second kappa shape index (κ2) is 4.36. The Kier molecular flexibility index (Phi) is 3.08. The van der Waals surface area contributed by atoms with Crippen LogP contribution in [0.3, 0.4) is 0 Å². The van der Waals surface area contributed by atoms with Crippen LogP contribution in [0, 0.1) is 18.5 Å². The van der Waals surface area contributed by atoms with Gasteiger partial charge >= 0.3 is 0 Å². The molecule has 0 saturated carbocycles. The van der Waals surface area contributed by atoms with Crippen LogP contribution >= 0.6 is 23.8 Å². The SMILES string of the molecule is Cc1nc(-c2ccccc2Cl)c(=S)[nH]c1C. The molecule has 2 rings (SSSR count). The van der Waals surface area contributed by atoms with Crippen molar-refractivity contribution in [3.63, 3.8) is 0 Å². The maximum absolute atomic E-state index is 6.12. The first kappa shape index (κ1) is 11.3. The van der Waals surface area contributed by atoms with E-state index in [0.29, 0.717) is 9.66 Å². The highest BCUT2D eigenvalue weighted by Crippen LogP contribution is 2.26. The highest BCUT2D eigenvalue weighted by molar-refractivity contribution is 7.71. The summed E-state index contributed by atoms with van der Waals surface area (Å²) >= 11 is 11.4. The van der Waals surface area contributed by atoms with Gasteiger partial charge in [0.15, 0.2) is 0 Å². The van der Waals surface area contributed by atoms with Gasteiger partial charge in [-0.05, 0) is 19.9 Å². The highest BCUT2D eigenvalue weighted by atomic mass is 35.5. The van der Waals surface area contributed by atoms with Gasteiger partial charge < -0.3 is 4.98 Å². The molecule has 0 amide bonds. The third kappa shape index (κ3) is 2.01. The molecule has 0 radical (unpaired) electrons. The minimum atomic E-state index is 0.621. The molecule has 0 spiro atoms. The van der Waals surface area contributed by atoms with Gasteiger partial charge in [-0.3, -0.25) is 0 Å². The van der Waals surface area contributed by atoms with Crippen molar-refractivity contribution in [1.29, 1.82) is 0 Å². The van der Waals surface area contributed by atoms with Gasteiger partial charge in [0.1, 0.15) is 10.3 Å². The Hall–Kier alpha value is -1.19. The standard InChI is InChI=1S/C12H11ClN2S/c1-7-8(2)15-12(16)11(14-7)9-5-3-4-6-10(9)13/h3-6H,1-2H3,(H,15,16). The molecule has 2 nitrogen and oxygen atoms in total. The highest BCUT2D eigenvalue weighted by Gasteiger charge is 2.08. The van der Waals surface area contributed by atoms with Gasteiger partial charge in [-0.2, -0.15) is 0 Å². The molecule has 0 aliphatic carbocycles. The van der Waals surface area contributed by atoms with Crippen LogP contribution in [-0.2, 0) is 0 Å². The first-order valence-corrected chi connectivity index (χ1v) is 5.70. The minimum Gasteiger partial charge on any atom is -0.347 e. The van der Waals surface area contributed by atoms with E-state index in [0.717, 1.165) is 22.6 Å². The molecule has 0 aliphatic heterocycles. The number of aromatic amines is 1. The van der Waals surface area contributed by atoms with Crippen LogP contribution in [0.4, 0.5) is 0 Å². The van der Waals surface area contributed by atoms with Gasteiger partial charge in [-0.1, -0.05) is 42.0 Å². The van der Waals surface area contributed by atoms with Gasteiger partial charge in [0, 0.05) is 11.3 Å². The van der Waals surface area contributed by atoms with E-state index < -0.39 is 0 Å². The zero-order chi connectivity index (χ0) is 11.7. The Bertz CT molecular complexity index is 590. The van der Waals surface area contributed by atoms with Crippen LogP contribution in [0.2, 0.25) is 5.02 Å². The maximum atomic E-state index is 6.12. The number of nitrogens with zero attached hydrogens (tertiary/aromatic N) is 1. The third-order valence-electron chi connectivity index (χ3n) is 2.47. The number of hydrogen-bond acceptors (Lipinski definition) is 2. The summed E-state index contributed by atoms with van der Waals surface area (Å²) in [5, 5.41) is 0.665. The number of H-pyrrole nitrogens is 1. The van der Waals surface area contributed by atoms with Crippen LogP contribution in [0.5, 0.6) is 0 Å². The first-order valence-electron chi connectivity index (χ1n) is 4.92. The fourth-order valence-corrected chi connectivity index (χ4v) is 1.99. The van der Waals surface area contributed by atoms with Crippen LogP contribution in [0.1, 0.15) is 11.4 Å². The van der Waals surface area contributed by atoms with Crippen molar-refractivity contribution < 1.29 is 0 Å². The van der Waals surface area contributed by atoms with E-state index >= 15 is 0 Å². The van der Waals surface area contributed by atoms with Gasteiger partial charge in [-0.15, -0.1) is 0 Å². The monoisotopic (exact) mass is 250 g/mol. The number of rotatable bonds is 1. The molecule has 4 heteroatoms. The molecule has 16 heavy (non-hydrogen) atoms. The fraction of sp³-hybridized carbons (Fsp3) is 0.167. The van der Waals surface area contributed by atoms with E-state index in [1.165, 1.54) is 0 Å². The smallest absolute Gasteiger partial charge is 0.130 e. The molecule has 0 aliphatic rings. The van der Waals surface area contributed by atoms with Crippen molar-refractivity contribution in [1.82, 2.24) is 9.97 Å². The summed E-state index contributed by atoms with van der Waals surface area (Å²) in [5.74, 6) is 0. The molecule has 0 unspecified atom stereocenters. The Morgan fingerprint density at radius 2 is 1.94 bits per heavy atom. The van der Waals surface area contributed by atoms with Crippen molar-refractivity contribution in [2.24, 2.45) is 0 Å². The molecule has 1 N–H and O–H groups in total. The molecular formula is C12H11ClN2S. The lowest BCUT2D eigenvalue weighted by Crippen LogP contribution is -1.96. The Morgan fingerprint density at radius 3 is 2.62 bits per heavy atom. The molecule has 1 aromatic heterocycles. The number of hydrogen-bond donors (Lipinski definition) is 1. The van der Waals surface area contributed by atoms with Crippen LogP contribution in [-0.4, -0.2) is 9.97 Å². The number of benzene rings is 1. The van der Waals surface area contributed by atoms with Crippen molar-refractivity contribution in [3.05, 3.63) is 45.3 Å². The Labute approximate surface area is 104 Å². The summed E-state index contributed by atoms with van der Waals surface area (Å²) in [5.41, 5.74) is 3.53. The van der Waals surface area contributed by atoms with Gasteiger partial charge in [0.05, 0.1) is 10.7 Å². The van der Waals surface area contributed by atoms with E-state index in [9.17, 15) is 0 Å². The summed E-state index contributed by atoms with van der Waals surface area (Å²) in [6.07, 6.45) is 0. The average Bonchev–Trinajstić information content (AvgIpc) is 2.25. The normalized spacial score (nSPS) is 10.4. The summed E-state index contributed by atoms with van der Waals surface area (Å²) in [4.78, 5) is 7.61. The zero-order valence-electron chi connectivity index (χ0n) is 9.04. The molecule has 82 valence electrons. The fourth-order valence-electron chi connectivity index (χ4n) is 1.46. The van der Waals surface area contributed by atoms with Crippen molar-refractivity contribution in [3.8, 4) is 11.3 Å². The van der Waals surface area contributed by atoms with E-state index in [1.54, 1.807) is 0 Å². The summed E-state index contributed by atoms with van der Waals surface area (Å²) in [6.45, 7) is 3.90. The molecule has 1 aromatic carbocycles. The lowest BCUT2D eigenvalue weighted by molar-refractivity contribution is 1.04. The van der Waals surface area contributed by atoms with Crippen LogP contribution in [0.25, 0.3) is 11.3 Å². The number of nitrogens with one attached hydrogen (secondary N) is 1. The molecule has 2 aromatic rings. The summed E-state index contributed by atoms with van der Waals surface area (Å²) < 4.78 is 0.621. The minimum absolute atomic E-state index is 0.621. The van der Waals surface area contributed by atoms with E-state index in [2.05, 4.69) is 9.97 Å². The van der Waals surface area contributed by atoms with Crippen molar-refractivity contribution >= 4 is 23.8 Å². The van der Waals surface area contributed by atoms with Gasteiger partial charge in [0.2, 0.25) is 0 Å². The maximum Gasteiger partial charge on any atom is 0.130 e. The molecule has 0 saturated heterocycles. The van der Waals surface area contributed by atoms with E-state index in [-0.39, 0.29) is 0 Å². The Morgan fingerprint density at radius 1 is 1.25 bits per heavy atom. The second-order valence-corrected chi connectivity index (χ2v) is 4.42. The largest absolute Gasteiger partial charge is 0.347 e. The second-order valence-electron chi connectivity index (χ2n) is 3.60. The summed E-state index contributed by atoms with van der Waals surface area (Å²) in [7, 11) is 0. The van der Waals surface area contributed by atoms with Crippen molar-refractivity contribution in [2.75, 3.05) is 0 Å². The predicted molar refractivity (Wildman–Crippen MR) is 69.3 cm³/mol. The molecule has 0 atom stereocenters. The van der Waals surface area contributed by atoms with Crippen LogP contribution < -0.4 is 0 Å². The number of aryl methyl sites for hydroxylation is 2. The van der Waals surface area contributed by atoms with E-state index in [4.69, 9.17) is 23.8 Å². The lowest BCUT2D eigenvalue weighted by Gasteiger charge is -2.06. The zero-order valence-corrected chi connectivity index (χ0v) is 10.6. The molecular weight excluding hydrogens is 240 g/mol. The number of aromatic nitrogens is 2. The number of halogens is 1. The molecule has 0 fully saturated rings. The molecule has 0 bridgehead atoms. The van der Waals surface area contributed by atoms with Crippen LogP contribution in [0.15, 0.2) is 24.3 Å². The summed E-state index contributed by atoms with van der Waals surface area (Å²) in [6, 6.07) is 7.57. The molecule has 1 heterocycles. The quantitative estimate of drug-likeness (QED) is 0.773. The van der Waals surface area contributed by atoms with Crippen molar-refractivity contribution in [2.45, 2.75) is 13.8 Å². The predicted octanol–water partition coefficient (Wildman–Crippen LogP) is 4.08. The topological polar surface area (TPSA) is 28.7 Å². The van der Waals surface area contributed by atoms with Gasteiger partial charge in [-0.25, -0.2) is 4.98 Å².